The molecule has 1 unspecified atom stereocenters. The molecule has 0 aliphatic heterocycles. The monoisotopic (exact) mass is 343 g/mol. The molecule has 0 saturated heterocycles. The Morgan fingerprint density at radius 1 is 1.00 bits per heavy atom. The van der Waals surface area contributed by atoms with E-state index < -0.39 is 6.10 Å². The standard InChI is InChI=1S/C20H25NO4/c1-14-5-6-19(13-15(14)2)25-16(3)20(22)21-11-12-24-18-9-7-17(23-4)8-10-18/h5-10,13,16H,11-12H2,1-4H3,(H,21,22). The van der Waals surface area contributed by atoms with E-state index in [1.165, 1.54) is 5.56 Å². The molecule has 134 valence electrons. The maximum Gasteiger partial charge on any atom is 0.260 e. The van der Waals surface area contributed by atoms with Gasteiger partial charge in [0.15, 0.2) is 6.10 Å². The van der Waals surface area contributed by atoms with Crippen molar-refractivity contribution < 1.29 is 19.0 Å². The highest BCUT2D eigenvalue weighted by Crippen LogP contribution is 2.18. The maximum atomic E-state index is 12.1. The van der Waals surface area contributed by atoms with Crippen molar-refractivity contribution in [2.24, 2.45) is 0 Å². The van der Waals surface area contributed by atoms with Gasteiger partial charge in [-0.3, -0.25) is 4.79 Å². The molecule has 0 fully saturated rings. The molecule has 0 heterocycles. The van der Waals surface area contributed by atoms with Crippen molar-refractivity contribution in [1.82, 2.24) is 5.32 Å². The minimum absolute atomic E-state index is 0.170. The highest BCUT2D eigenvalue weighted by Gasteiger charge is 2.14. The molecule has 2 aromatic carbocycles. The minimum Gasteiger partial charge on any atom is -0.497 e. The van der Waals surface area contributed by atoms with Gasteiger partial charge in [0, 0.05) is 0 Å². The number of amides is 1. The average molecular weight is 343 g/mol. The van der Waals surface area contributed by atoms with Crippen molar-refractivity contribution >= 4 is 5.91 Å². The van der Waals surface area contributed by atoms with Gasteiger partial charge in [-0.05, 0) is 68.3 Å². The number of carbonyl (C=O) groups excluding carboxylic acids is 1. The second-order valence-electron chi connectivity index (χ2n) is 5.82. The fourth-order valence-corrected chi connectivity index (χ4v) is 2.20. The first-order valence-corrected chi connectivity index (χ1v) is 8.28. The highest BCUT2D eigenvalue weighted by molar-refractivity contribution is 5.80. The summed E-state index contributed by atoms with van der Waals surface area (Å²) in [6.45, 7) is 6.58. The minimum atomic E-state index is -0.567. The summed E-state index contributed by atoms with van der Waals surface area (Å²) in [7, 11) is 1.62. The van der Waals surface area contributed by atoms with Crippen LogP contribution in [0.4, 0.5) is 0 Å². The summed E-state index contributed by atoms with van der Waals surface area (Å²) < 4.78 is 16.3. The molecule has 2 aromatic rings. The third kappa shape index (κ3) is 5.71. The topological polar surface area (TPSA) is 56.8 Å². The Labute approximate surface area is 148 Å². The number of methoxy groups -OCH3 is 1. The summed E-state index contributed by atoms with van der Waals surface area (Å²) in [5.41, 5.74) is 2.33. The number of ether oxygens (including phenoxy) is 3. The van der Waals surface area contributed by atoms with Gasteiger partial charge in [-0.25, -0.2) is 0 Å². The van der Waals surface area contributed by atoms with Crippen LogP contribution in [0.1, 0.15) is 18.1 Å². The molecule has 0 bridgehead atoms. The molecular formula is C20H25NO4. The molecule has 0 saturated carbocycles. The molecule has 1 atom stereocenters. The van der Waals surface area contributed by atoms with Crippen molar-refractivity contribution in [1.29, 1.82) is 0 Å². The summed E-state index contributed by atoms with van der Waals surface area (Å²) in [5, 5.41) is 2.81. The predicted octanol–water partition coefficient (Wildman–Crippen LogP) is 3.27. The number of carbonyl (C=O) groups is 1. The van der Waals surface area contributed by atoms with Crippen LogP contribution in [0.5, 0.6) is 17.2 Å². The van der Waals surface area contributed by atoms with E-state index in [0.29, 0.717) is 18.9 Å². The Kier molecular flexibility index (Phi) is 6.69. The molecule has 0 aromatic heterocycles. The van der Waals surface area contributed by atoms with Crippen LogP contribution in [0, 0.1) is 13.8 Å². The number of aryl methyl sites for hydroxylation is 2. The first-order valence-electron chi connectivity index (χ1n) is 8.28. The normalized spacial score (nSPS) is 11.5. The van der Waals surface area contributed by atoms with E-state index in [-0.39, 0.29) is 5.91 Å². The Hall–Kier alpha value is -2.69. The molecule has 5 nitrogen and oxygen atoms in total. The van der Waals surface area contributed by atoms with Crippen LogP contribution in [0.15, 0.2) is 42.5 Å². The number of hydrogen-bond acceptors (Lipinski definition) is 4. The molecule has 25 heavy (non-hydrogen) atoms. The van der Waals surface area contributed by atoms with Crippen molar-refractivity contribution in [2.75, 3.05) is 20.3 Å². The van der Waals surface area contributed by atoms with E-state index in [1.54, 1.807) is 14.0 Å². The van der Waals surface area contributed by atoms with E-state index in [9.17, 15) is 4.79 Å². The SMILES string of the molecule is COc1ccc(OCCNC(=O)C(C)Oc2ccc(C)c(C)c2)cc1. The molecular weight excluding hydrogens is 318 g/mol. The van der Waals surface area contributed by atoms with E-state index in [2.05, 4.69) is 5.32 Å². The molecule has 5 heteroatoms. The number of nitrogens with one attached hydrogen (secondary N) is 1. The van der Waals surface area contributed by atoms with Crippen LogP contribution < -0.4 is 19.5 Å². The van der Waals surface area contributed by atoms with Crippen molar-refractivity contribution in [2.45, 2.75) is 26.9 Å². The zero-order valence-electron chi connectivity index (χ0n) is 15.2. The summed E-state index contributed by atoms with van der Waals surface area (Å²) in [6, 6.07) is 13.1. The lowest BCUT2D eigenvalue weighted by molar-refractivity contribution is -0.127. The van der Waals surface area contributed by atoms with Crippen LogP contribution >= 0.6 is 0 Å². The fraction of sp³-hybridized carbons (Fsp3) is 0.350. The fourth-order valence-electron chi connectivity index (χ4n) is 2.20. The number of hydrogen-bond donors (Lipinski definition) is 1. The average Bonchev–Trinajstić information content (AvgIpc) is 2.62. The number of benzene rings is 2. The largest absolute Gasteiger partial charge is 0.497 e. The Morgan fingerprint density at radius 2 is 1.64 bits per heavy atom. The maximum absolute atomic E-state index is 12.1. The Morgan fingerprint density at radius 3 is 2.28 bits per heavy atom. The lowest BCUT2D eigenvalue weighted by atomic mass is 10.1. The van der Waals surface area contributed by atoms with Crippen LogP contribution in [-0.4, -0.2) is 32.3 Å². The summed E-state index contributed by atoms with van der Waals surface area (Å²) >= 11 is 0. The quantitative estimate of drug-likeness (QED) is 0.748. The van der Waals surface area contributed by atoms with Gasteiger partial charge in [0.25, 0.3) is 5.91 Å². The van der Waals surface area contributed by atoms with Crippen molar-refractivity contribution in [3.63, 3.8) is 0 Å². The molecule has 1 amide bonds. The smallest absolute Gasteiger partial charge is 0.260 e. The second-order valence-corrected chi connectivity index (χ2v) is 5.82. The van der Waals surface area contributed by atoms with Gasteiger partial charge in [0.05, 0.1) is 13.7 Å². The lowest BCUT2D eigenvalue weighted by Crippen LogP contribution is -2.38. The van der Waals surface area contributed by atoms with Gasteiger partial charge in [0.1, 0.15) is 23.9 Å². The Balaban J connectivity index is 1.72. The predicted molar refractivity (Wildman–Crippen MR) is 97.5 cm³/mol. The van der Waals surface area contributed by atoms with Gasteiger partial charge in [-0.2, -0.15) is 0 Å². The lowest BCUT2D eigenvalue weighted by Gasteiger charge is -2.16. The molecule has 1 N–H and O–H groups in total. The van der Waals surface area contributed by atoms with Crippen molar-refractivity contribution in [3.8, 4) is 17.2 Å². The third-order valence-electron chi connectivity index (χ3n) is 3.89. The third-order valence-corrected chi connectivity index (χ3v) is 3.89. The summed E-state index contributed by atoms with van der Waals surface area (Å²) in [4.78, 5) is 12.1. The van der Waals surface area contributed by atoms with E-state index in [4.69, 9.17) is 14.2 Å². The van der Waals surface area contributed by atoms with Crippen molar-refractivity contribution in [3.05, 3.63) is 53.6 Å². The second kappa shape index (κ2) is 8.97. The molecule has 0 radical (unpaired) electrons. The molecule has 0 aliphatic carbocycles. The van der Waals surface area contributed by atoms with Crippen LogP contribution in [0.25, 0.3) is 0 Å². The van der Waals surface area contributed by atoms with Crippen LogP contribution in [0.3, 0.4) is 0 Å². The zero-order chi connectivity index (χ0) is 18.2. The Bertz CT molecular complexity index is 697. The van der Waals surface area contributed by atoms with E-state index >= 15 is 0 Å². The first kappa shape index (κ1) is 18.6. The molecule has 0 aliphatic rings. The summed E-state index contributed by atoms with van der Waals surface area (Å²) in [6.07, 6.45) is -0.567. The van der Waals surface area contributed by atoms with Gasteiger partial charge >= 0.3 is 0 Å². The highest BCUT2D eigenvalue weighted by atomic mass is 16.5. The number of rotatable bonds is 8. The van der Waals surface area contributed by atoms with E-state index in [0.717, 1.165) is 17.1 Å². The van der Waals surface area contributed by atoms with Crippen LogP contribution in [0.2, 0.25) is 0 Å². The van der Waals surface area contributed by atoms with Gasteiger partial charge in [-0.1, -0.05) is 6.07 Å². The van der Waals surface area contributed by atoms with E-state index in [1.807, 2.05) is 56.3 Å². The van der Waals surface area contributed by atoms with Gasteiger partial charge < -0.3 is 19.5 Å². The molecule has 0 spiro atoms. The first-order chi connectivity index (χ1) is 12.0. The zero-order valence-corrected chi connectivity index (χ0v) is 15.2. The van der Waals surface area contributed by atoms with Gasteiger partial charge in [0.2, 0.25) is 0 Å². The molecule has 2 rings (SSSR count). The van der Waals surface area contributed by atoms with Gasteiger partial charge in [-0.15, -0.1) is 0 Å². The summed E-state index contributed by atoms with van der Waals surface area (Å²) in [5.74, 6) is 2.03. The van der Waals surface area contributed by atoms with Crippen LogP contribution in [-0.2, 0) is 4.79 Å².